The smallest absolute Gasteiger partial charge is 0.355 e. The quantitative estimate of drug-likeness (QED) is 0.177. The van der Waals surface area contributed by atoms with Crippen LogP contribution in [0, 0.1) is 11.8 Å². The second-order valence-electron chi connectivity index (χ2n) is 11.2. The molecular weight excluding hydrogens is 474 g/mol. The normalized spacial score (nSPS) is 22.7. The van der Waals surface area contributed by atoms with Gasteiger partial charge in [0.05, 0.1) is 38.4 Å². The van der Waals surface area contributed by atoms with Gasteiger partial charge in [-0.25, -0.2) is 4.79 Å². The van der Waals surface area contributed by atoms with Crippen molar-refractivity contribution in [1.82, 2.24) is 4.90 Å². The first-order valence-electron chi connectivity index (χ1n) is 12.6. The van der Waals surface area contributed by atoms with E-state index in [2.05, 4.69) is 47.4 Å². The predicted octanol–water partition coefficient (Wildman–Crippen LogP) is 5.08. The maximum Gasteiger partial charge on any atom is 0.355 e. The molecule has 1 saturated heterocycles. The zero-order valence-electron chi connectivity index (χ0n) is 22.9. The van der Waals surface area contributed by atoms with E-state index in [1.54, 1.807) is 12.0 Å². The maximum atomic E-state index is 13.4. The van der Waals surface area contributed by atoms with Crippen LogP contribution in [0.3, 0.4) is 0 Å². The first kappa shape index (κ1) is 28.2. The monoisotopic (exact) mass is 515 g/mol. The highest BCUT2D eigenvalue weighted by molar-refractivity contribution is 6.74. The Morgan fingerprint density at radius 2 is 1.83 bits per heavy atom. The molecule has 1 amide bonds. The van der Waals surface area contributed by atoms with Crippen LogP contribution in [0.15, 0.2) is 48.2 Å². The first-order valence-corrected chi connectivity index (χ1v) is 15.5. The zero-order chi connectivity index (χ0) is 26.8. The van der Waals surface area contributed by atoms with Gasteiger partial charge >= 0.3 is 5.97 Å². The molecule has 2 heterocycles. The molecule has 0 saturated carbocycles. The van der Waals surface area contributed by atoms with Crippen LogP contribution >= 0.6 is 0 Å². The van der Waals surface area contributed by atoms with E-state index in [9.17, 15) is 9.59 Å². The third-order valence-corrected chi connectivity index (χ3v) is 12.4. The fraction of sp³-hybridized carbons (Fsp3) is 0.571. The first-order chi connectivity index (χ1) is 16.8. The van der Waals surface area contributed by atoms with Crippen molar-refractivity contribution in [2.24, 2.45) is 11.8 Å². The molecule has 0 aromatic heterocycles. The van der Waals surface area contributed by atoms with Crippen LogP contribution < -0.4 is 4.74 Å². The summed E-state index contributed by atoms with van der Waals surface area (Å²) >= 11 is 0. The number of carbonyl (C=O) groups is 2. The summed E-state index contributed by atoms with van der Waals surface area (Å²) in [4.78, 5) is 28.0. The van der Waals surface area contributed by atoms with Crippen molar-refractivity contribution in [3.8, 4) is 5.75 Å². The van der Waals surface area contributed by atoms with Crippen molar-refractivity contribution < 1.29 is 28.2 Å². The molecule has 0 aliphatic carbocycles. The van der Waals surface area contributed by atoms with Crippen molar-refractivity contribution in [1.29, 1.82) is 0 Å². The lowest BCUT2D eigenvalue weighted by molar-refractivity contribution is -0.163. The summed E-state index contributed by atoms with van der Waals surface area (Å²) in [5.41, 5.74) is 2.09. The van der Waals surface area contributed by atoms with Gasteiger partial charge in [0.2, 0.25) is 5.91 Å². The SMILES string of the molecule is C=CCOC(=O)C1=C(COCc2ccc(OC)cc2)[C@H](C)[C@@H]2[C@@H]([C@@H](C)O[Si](C)(C)C(C)(C)C)C(=O)N12. The molecule has 3 rings (SSSR count). The Kier molecular flexibility index (Phi) is 8.53. The number of β-lactam (4-membered cyclic amide) rings is 1. The van der Waals surface area contributed by atoms with E-state index in [-0.39, 0.29) is 48.1 Å². The molecule has 2 aliphatic rings. The van der Waals surface area contributed by atoms with E-state index in [1.807, 2.05) is 31.2 Å². The zero-order valence-corrected chi connectivity index (χ0v) is 23.9. The largest absolute Gasteiger partial charge is 0.497 e. The van der Waals surface area contributed by atoms with Gasteiger partial charge < -0.3 is 23.5 Å². The molecule has 36 heavy (non-hydrogen) atoms. The summed E-state index contributed by atoms with van der Waals surface area (Å²) in [5.74, 6) is -0.192. The Morgan fingerprint density at radius 3 is 2.39 bits per heavy atom. The summed E-state index contributed by atoms with van der Waals surface area (Å²) in [5, 5.41) is 0.0351. The molecule has 7 nitrogen and oxygen atoms in total. The standard InChI is InChI=1S/C28H41NO6Si/c1-10-15-34-27(31)25-22(17-33-16-20-11-13-21(32-7)14-12-20)18(2)24-23(26(30)29(24)25)19(3)35-36(8,9)28(4,5)6/h10-14,18-19,23-24H,1,15-17H2,2-9H3/t18-,19+,23+,24+/m0/s1. The molecule has 0 N–H and O–H groups in total. The van der Waals surface area contributed by atoms with E-state index in [0.29, 0.717) is 12.3 Å². The van der Waals surface area contributed by atoms with E-state index < -0.39 is 14.3 Å². The number of carbonyl (C=O) groups excluding carboxylic acids is 2. The Balaban J connectivity index is 1.79. The van der Waals surface area contributed by atoms with Crippen LogP contribution in [0.5, 0.6) is 5.75 Å². The highest BCUT2D eigenvalue weighted by atomic mass is 28.4. The molecule has 0 bridgehead atoms. The summed E-state index contributed by atoms with van der Waals surface area (Å²) in [6.45, 7) is 19.3. The summed E-state index contributed by atoms with van der Waals surface area (Å²) < 4.78 is 23.2. The van der Waals surface area contributed by atoms with Gasteiger partial charge in [0.15, 0.2) is 8.32 Å². The fourth-order valence-electron chi connectivity index (χ4n) is 4.73. The number of fused-ring (bicyclic) bond motifs is 1. The van der Waals surface area contributed by atoms with Gasteiger partial charge in [-0.3, -0.25) is 4.79 Å². The van der Waals surface area contributed by atoms with Crippen LogP contribution in [0.25, 0.3) is 0 Å². The molecule has 0 radical (unpaired) electrons. The molecule has 1 aromatic rings. The van der Waals surface area contributed by atoms with Crippen LogP contribution in [-0.4, -0.2) is 57.6 Å². The minimum atomic E-state index is -2.07. The van der Waals surface area contributed by atoms with Crippen molar-refractivity contribution in [2.75, 3.05) is 20.3 Å². The number of esters is 1. The van der Waals surface area contributed by atoms with Crippen LogP contribution in [0.1, 0.15) is 40.2 Å². The second-order valence-corrected chi connectivity index (χ2v) is 16.0. The maximum absolute atomic E-state index is 13.4. The van der Waals surface area contributed by atoms with E-state index >= 15 is 0 Å². The fourth-order valence-corrected chi connectivity index (χ4v) is 6.16. The van der Waals surface area contributed by atoms with Crippen molar-refractivity contribution in [3.05, 3.63) is 53.8 Å². The minimum absolute atomic E-state index is 0.0351. The minimum Gasteiger partial charge on any atom is -0.497 e. The Labute approximate surface area is 216 Å². The number of rotatable bonds is 11. The number of methoxy groups -OCH3 is 1. The van der Waals surface area contributed by atoms with Gasteiger partial charge in [-0.05, 0) is 48.3 Å². The molecule has 0 spiro atoms. The van der Waals surface area contributed by atoms with Gasteiger partial charge in [0, 0.05) is 5.92 Å². The van der Waals surface area contributed by atoms with Crippen molar-refractivity contribution in [3.63, 3.8) is 0 Å². The average Bonchev–Trinajstić information content (AvgIpc) is 3.05. The van der Waals surface area contributed by atoms with Gasteiger partial charge in [0.1, 0.15) is 18.1 Å². The molecule has 1 aromatic carbocycles. The number of amides is 1. The molecule has 4 atom stereocenters. The lowest BCUT2D eigenvalue weighted by atomic mass is 9.78. The summed E-state index contributed by atoms with van der Waals surface area (Å²) in [6.07, 6.45) is 1.27. The van der Waals surface area contributed by atoms with Gasteiger partial charge in [0.25, 0.3) is 0 Å². The third kappa shape index (κ3) is 5.45. The van der Waals surface area contributed by atoms with Crippen LogP contribution in [-0.2, 0) is 30.1 Å². The molecule has 0 unspecified atom stereocenters. The lowest BCUT2D eigenvalue weighted by Gasteiger charge is -2.50. The number of benzene rings is 1. The summed E-state index contributed by atoms with van der Waals surface area (Å²) in [6, 6.07) is 7.50. The Morgan fingerprint density at radius 1 is 1.19 bits per heavy atom. The van der Waals surface area contributed by atoms with E-state index in [0.717, 1.165) is 16.9 Å². The Hall–Kier alpha value is -2.42. The van der Waals surface area contributed by atoms with Gasteiger partial charge in [-0.15, -0.1) is 0 Å². The van der Waals surface area contributed by atoms with Crippen molar-refractivity contribution >= 4 is 20.2 Å². The van der Waals surface area contributed by atoms with Gasteiger partial charge in [-0.2, -0.15) is 0 Å². The lowest BCUT2D eigenvalue weighted by Crippen LogP contribution is -2.65. The van der Waals surface area contributed by atoms with E-state index in [4.69, 9.17) is 18.6 Å². The van der Waals surface area contributed by atoms with Crippen molar-refractivity contribution in [2.45, 2.75) is 71.5 Å². The van der Waals surface area contributed by atoms with Crippen LogP contribution in [0.2, 0.25) is 18.1 Å². The number of hydrogen-bond donors (Lipinski definition) is 0. The Bertz CT molecular complexity index is 1010. The topological polar surface area (TPSA) is 74.3 Å². The molecule has 8 heteroatoms. The third-order valence-electron chi connectivity index (χ3n) is 7.80. The molecule has 2 aliphatic heterocycles. The summed E-state index contributed by atoms with van der Waals surface area (Å²) in [7, 11) is -0.440. The van der Waals surface area contributed by atoms with Crippen LogP contribution in [0.4, 0.5) is 0 Å². The molecule has 1 fully saturated rings. The predicted molar refractivity (Wildman–Crippen MR) is 142 cm³/mol. The highest BCUT2D eigenvalue weighted by Gasteiger charge is 2.61. The van der Waals surface area contributed by atoms with E-state index in [1.165, 1.54) is 6.08 Å². The second kappa shape index (κ2) is 10.9. The highest BCUT2D eigenvalue weighted by Crippen LogP contribution is 2.49. The number of ether oxygens (including phenoxy) is 3. The molecule has 198 valence electrons. The number of hydrogen-bond acceptors (Lipinski definition) is 6. The number of nitrogens with zero attached hydrogens (tertiary/aromatic N) is 1. The average molecular weight is 516 g/mol. The molecular formula is C28H41NO6Si. The van der Waals surface area contributed by atoms with Gasteiger partial charge in [-0.1, -0.05) is 52.5 Å².